The van der Waals surface area contributed by atoms with E-state index in [1.54, 1.807) is 11.3 Å². The molecule has 0 radical (unpaired) electrons. The van der Waals surface area contributed by atoms with Crippen LogP contribution in [0.15, 0.2) is 16.8 Å². The van der Waals surface area contributed by atoms with Crippen LogP contribution in [-0.4, -0.2) is 26.2 Å². The summed E-state index contributed by atoms with van der Waals surface area (Å²) in [6.45, 7) is 1.63. The molecule has 1 aliphatic carbocycles. The zero-order chi connectivity index (χ0) is 11.5. The maximum atomic E-state index is 4.06. The summed E-state index contributed by atoms with van der Waals surface area (Å²) in [5.41, 5.74) is 1.35. The zero-order valence-corrected chi connectivity index (χ0v) is 10.4. The highest BCUT2D eigenvalue weighted by Crippen LogP contribution is 2.18. The Kier molecular flexibility index (Phi) is 3.15. The average Bonchev–Trinajstić information content (AvgIpc) is 2.86. The van der Waals surface area contributed by atoms with Gasteiger partial charge in [-0.25, -0.2) is 4.68 Å². The Balaban J connectivity index is 1.56. The van der Waals surface area contributed by atoms with Crippen molar-refractivity contribution < 1.29 is 0 Å². The van der Waals surface area contributed by atoms with Crippen LogP contribution in [0, 0.1) is 0 Å². The Morgan fingerprint density at radius 2 is 2.41 bits per heavy atom. The normalized spacial score (nSPS) is 15.3. The molecule has 1 fully saturated rings. The van der Waals surface area contributed by atoms with Crippen molar-refractivity contribution in [2.24, 2.45) is 0 Å². The third-order valence-corrected chi connectivity index (χ3v) is 3.66. The molecule has 2 aromatic heterocycles. The third-order valence-electron chi connectivity index (χ3n) is 2.92. The zero-order valence-electron chi connectivity index (χ0n) is 9.54. The van der Waals surface area contributed by atoms with Gasteiger partial charge in [-0.1, -0.05) is 0 Å². The lowest BCUT2D eigenvalue weighted by Gasteiger charge is -2.04. The molecule has 0 spiro atoms. The van der Waals surface area contributed by atoms with Crippen molar-refractivity contribution in [3.05, 3.63) is 28.2 Å². The summed E-state index contributed by atoms with van der Waals surface area (Å²) in [5, 5.41) is 19.5. The largest absolute Gasteiger partial charge is 0.307 e. The Morgan fingerprint density at radius 1 is 1.47 bits per heavy atom. The van der Waals surface area contributed by atoms with E-state index in [4.69, 9.17) is 0 Å². The lowest BCUT2D eigenvalue weighted by molar-refractivity contribution is 0.541. The molecule has 17 heavy (non-hydrogen) atoms. The number of nitrogens with one attached hydrogen (secondary N) is 1. The second-order valence-electron chi connectivity index (χ2n) is 4.36. The topological polar surface area (TPSA) is 55.6 Å². The van der Waals surface area contributed by atoms with E-state index in [1.165, 1.54) is 18.4 Å². The maximum absolute atomic E-state index is 4.06. The lowest BCUT2D eigenvalue weighted by Crippen LogP contribution is -2.19. The molecule has 6 heteroatoms. The first-order valence-electron chi connectivity index (χ1n) is 5.91. The molecule has 5 nitrogen and oxygen atoms in total. The summed E-state index contributed by atoms with van der Waals surface area (Å²) in [6.07, 6.45) is 3.57. The van der Waals surface area contributed by atoms with Crippen molar-refractivity contribution in [3.8, 4) is 0 Å². The minimum Gasteiger partial charge on any atom is -0.307 e. The number of nitrogens with zero attached hydrogens (tertiary/aromatic N) is 4. The highest BCUT2D eigenvalue weighted by atomic mass is 32.1. The number of hydrogen-bond acceptors (Lipinski definition) is 5. The number of tetrazole rings is 1. The average molecular weight is 249 g/mol. The quantitative estimate of drug-likeness (QED) is 0.836. The number of aromatic nitrogens is 4. The van der Waals surface area contributed by atoms with E-state index in [1.807, 2.05) is 4.68 Å². The highest BCUT2D eigenvalue weighted by molar-refractivity contribution is 7.07. The van der Waals surface area contributed by atoms with E-state index >= 15 is 0 Å². The van der Waals surface area contributed by atoms with E-state index in [0.717, 1.165) is 25.3 Å². The number of hydrogen-bond donors (Lipinski definition) is 1. The molecule has 0 amide bonds. The summed E-state index contributed by atoms with van der Waals surface area (Å²) in [5.74, 6) is 0.937. The number of thiophene rings is 1. The summed E-state index contributed by atoms with van der Waals surface area (Å²) < 4.78 is 1.90. The predicted molar refractivity (Wildman–Crippen MR) is 65.7 cm³/mol. The Bertz CT molecular complexity index is 460. The van der Waals surface area contributed by atoms with E-state index < -0.39 is 0 Å². The van der Waals surface area contributed by atoms with Gasteiger partial charge in [-0.05, 0) is 52.1 Å². The van der Waals surface area contributed by atoms with E-state index in [2.05, 4.69) is 37.7 Å². The molecule has 1 saturated carbocycles. The SMILES string of the molecule is c1cc(CCn2nnnc2CNC2CC2)cs1. The number of rotatable bonds is 6. The minimum atomic E-state index is 0.692. The van der Waals surface area contributed by atoms with Crippen molar-refractivity contribution in [1.29, 1.82) is 0 Å². The molecule has 2 heterocycles. The van der Waals surface area contributed by atoms with Gasteiger partial charge in [0.2, 0.25) is 0 Å². The van der Waals surface area contributed by atoms with Crippen molar-refractivity contribution in [3.63, 3.8) is 0 Å². The number of aryl methyl sites for hydroxylation is 2. The maximum Gasteiger partial charge on any atom is 0.165 e. The molecule has 0 unspecified atom stereocenters. The minimum absolute atomic E-state index is 0.692. The molecule has 0 saturated heterocycles. The highest BCUT2D eigenvalue weighted by Gasteiger charge is 2.21. The predicted octanol–water partition coefficient (Wildman–Crippen LogP) is 1.23. The fourth-order valence-corrected chi connectivity index (χ4v) is 2.42. The first-order valence-corrected chi connectivity index (χ1v) is 6.85. The van der Waals surface area contributed by atoms with Crippen molar-refractivity contribution in [1.82, 2.24) is 25.5 Å². The second kappa shape index (κ2) is 4.93. The van der Waals surface area contributed by atoms with Crippen LogP contribution in [0.4, 0.5) is 0 Å². The van der Waals surface area contributed by atoms with Crippen LogP contribution < -0.4 is 5.32 Å². The molecule has 0 aliphatic heterocycles. The Hall–Kier alpha value is -1.27. The molecule has 0 bridgehead atoms. The van der Waals surface area contributed by atoms with Gasteiger partial charge in [0.25, 0.3) is 0 Å². The lowest BCUT2D eigenvalue weighted by atomic mass is 10.2. The van der Waals surface area contributed by atoms with Gasteiger partial charge in [0, 0.05) is 12.6 Å². The molecule has 2 aromatic rings. The van der Waals surface area contributed by atoms with Gasteiger partial charge in [0.15, 0.2) is 5.82 Å². The van der Waals surface area contributed by atoms with Gasteiger partial charge >= 0.3 is 0 Å². The van der Waals surface area contributed by atoms with Crippen molar-refractivity contribution in [2.75, 3.05) is 0 Å². The van der Waals surface area contributed by atoms with Crippen LogP contribution in [0.25, 0.3) is 0 Å². The van der Waals surface area contributed by atoms with E-state index in [0.29, 0.717) is 6.04 Å². The molecule has 0 atom stereocenters. The smallest absolute Gasteiger partial charge is 0.165 e. The summed E-state index contributed by atoms with van der Waals surface area (Å²) in [6, 6.07) is 2.84. The van der Waals surface area contributed by atoms with Crippen molar-refractivity contribution in [2.45, 2.75) is 38.4 Å². The third kappa shape index (κ3) is 2.89. The van der Waals surface area contributed by atoms with E-state index in [9.17, 15) is 0 Å². The Morgan fingerprint density at radius 3 is 3.18 bits per heavy atom. The second-order valence-corrected chi connectivity index (χ2v) is 5.14. The molecule has 0 aromatic carbocycles. The molecule has 1 N–H and O–H groups in total. The van der Waals surface area contributed by atoms with Crippen LogP contribution in [0.5, 0.6) is 0 Å². The summed E-state index contributed by atoms with van der Waals surface area (Å²) in [7, 11) is 0. The standard InChI is InChI=1S/C11H15N5S/c1-2-10(1)12-7-11-13-14-15-16(11)5-3-9-4-6-17-8-9/h4,6,8,10,12H,1-3,5,7H2. The van der Waals surface area contributed by atoms with Gasteiger partial charge in [-0.3, -0.25) is 0 Å². The molecule has 3 rings (SSSR count). The fraction of sp³-hybridized carbons (Fsp3) is 0.545. The van der Waals surface area contributed by atoms with Crippen LogP contribution in [0.3, 0.4) is 0 Å². The van der Waals surface area contributed by atoms with E-state index in [-0.39, 0.29) is 0 Å². The van der Waals surface area contributed by atoms with Gasteiger partial charge in [0.05, 0.1) is 6.54 Å². The summed E-state index contributed by atoms with van der Waals surface area (Å²) in [4.78, 5) is 0. The van der Waals surface area contributed by atoms with Gasteiger partial charge in [0.1, 0.15) is 0 Å². The first-order chi connectivity index (χ1) is 8.42. The van der Waals surface area contributed by atoms with Gasteiger partial charge in [-0.2, -0.15) is 11.3 Å². The fourth-order valence-electron chi connectivity index (χ4n) is 1.72. The molecular weight excluding hydrogens is 234 g/mol. The van der Waals surface area contributed by atoms with Gasteiger partial charge < -0.3 is 5.32 Å². The van der Waals surface area contributed by atoms with Gasteiger partial charge in [-0.15, -0.1) is 5.10 Å². The molecular formula is C11H15N5S. The molecule has 1 aliphatic rings. The van der Waals surface area contributed by atoms with Crippen molar-refractivity contribution >= 4 is 11.3 Å². The van der Waals surface area contributed by atoms with Crippen LogP contribution >= 0.6 is 11.3 Å². The Labute approximate surface area is 104 Å². The monoisotopic (exact) mass is 249 g/mol. The van der Waals surface area contributed by atoms with Crippen LogP contribution in [0.1, 0.15) is 24.2 Å². The summed E-state index contributed by atoms with van der Waals surface area (Å²) >= 11 is 1.73. The first kappa shape index (κ1) is 10.9. The van der Waals surface area contributed by atoms with Crippen LogP contribution in [0.2, 0.25) is 0 Å². The van der Waals surface area contributed by atoms with Crippen LogP contribution in [-0.2, 0) is 19.5 Å². The molecule has 90 valence electrons.